The Morgan fingerprint density at radius 1 is 0.343 bits per heavy atom. The Morgan fingerprint density at radius 2 is 0.925 bits per heavy atom. The van der Waals surface area contributed by atoms with Crippen LogP contribution in [0.1, 0.15) is 25.0 Å². The number of aromatic nitrogens is 4. The van der Waals surface area contributed by atoms with Crippen LogP contribution in [0.2, 0.25) is 0 Å². The second-order valence-electron chi connectivity index (χ2n) is 18.6. The third kappa shape index (κ3) is 5.60. The molecule has 0 N–H and O–H groups in total. The van der Waals surface area contributed by atoms with Gasteiger partial charge in [0, 0.05) is 60.2 Å². The van der Waals surface area contributed by atoms with Crippen LogP contribution in [0.4, 0.5) is 0 Å². The second kappa shape index (κ2) is 14.2. The van der Waals surface area contributed by atoms with E-state index in [1.165, 1.54) is 66.0 Å². The van der Waals surface area contributed by atoms with E-state index in [1.807, 2.05) is 0 Å². The van der Waals surface area contributed by atoms with Crippen LogP contribution in [0.5, 0.6) is 0 Å². The molecule has 0 amide bonds. The third-order valence-corrected chi connectivity index (χ3v) is 14.5. The lowest BCUT2D eigenvalue weighted by Gasteiger charge is -2.21. The number of fused-ring (bicyclic) bond motifs is 12. The lowest BCUT2D eigenvalue weighted by atomic mass is 9.82. The zero-order valence-electron chi connectivity index (χ0n) is 37.1. The second-order valence-corrected chi connectivity index (χ2v) is 18.6. The average molecular weight is 855 g/mol. The molecular weight excluding hydrogens is 813 g/mol. The normalized spacial score (nSPS) is 13.0. The molecule has 314 valence electrons. The summed E-state index contributed by atoms with van der Waals surface area (Å²) in [4.78, 5) is 10.9. The highest BCUT2D eigenvalue weighted by atomic mass is 15.0. The molecule has 0 spiro atoms. The van der Waals surface area contributed by atoms with Crippen molar-refractivity contribution in [2.45, 2.75) is 19.3 Å². The zero-order chi connectivity index (χ0) is 44.4. The molecule has 0 saturated heterocycles. The first-order chi connectivity index (χ1) is 33.0. The summed E-state index contributed by atoms with van der Waals surface area (Å²) in [5.41, 5.74) is 18.5. The van der Waals surface area contributed by atoms with Crippen LogP contribution in [0.25, 0.3) is 122 Å². The predicted octanol–water partition coefficient (Wildman–Crippen LogP) is 16.3. The number of para-hydroxylation sites is 3. The van der Waals surface area contributed by atoms with Crippen LogP contribution >= 0.6 is 0 Å². The summed E-state index contributed by atoms with van der Waals surface area (Å²) in [6.45, 7) is 4.66. The summed E-state index contributed by atoms with van der Waals surface area (Å²) in [5.74, 6) is 0.703. The Balaban J connectivity index is 0.919. The molecule has 0 fully saturated rings. The topological polar surface area (TPSA) is 35.6 Å². The van der Waals surface area contributed by atoms with Gasteiger partial charge in [-0.25, -0.2) is 9.97 Å². The highest BCUT2D eigenvalue weighted by Crippen LogP contribution is 2.50. The fraction of sp³-hybridized carbons (Fsp3) is 0.0476. The highest BCUT2D eigenvalue weighted by molar-refractivity contribution is 6.13. The Bertz CT molecular complexity index is 4190. The minimum atomic E-state index is -0.0752. The first kappa shape index (κ1) is 37.7. The molecule has 0 bridgehead atoms. The Morgan fingerprint density at radius 3 is 1.67 bits per heavy atom. The molecule has 3 aromatic heterocycles. The first-order valence-electron chi connectivity index (χ1n) is 23.2. The van der Waals surface area contributed by atoms with Gasteiger partial charge in [-0.15, -0.1) is 0 Å². The number of hydrogen-bond acceptors (Lipinski definition) is 2. The molecule has 0 saturated carbocycles. The summed E-state index contributed by atoms with van der Waals surface area (Å²) in [7, 11) is 0. The molecule has 10 aromatic carbocycles. The lowest BCUT2D eigenvalue weighted by Crippen LogP contribution is -2.14. The molecule has 3 heterocycles. The van der Waals surface area contributed by atoms with E-state index in [-0.39, 0.29) is 5.41 Å². The van der Waals surface area contributed by atoms with Gasteiger partial charge in [0.1, 0.15) is 0 Å². The summed E-state index contributed by atoms with van der Waals surface area (Å²) in [6, 6.07) is 79.5. The lowest BCUT2D eigenvalue weighted by molar-refractivity contribution is 0.660. The van der Waals surface area contributed by atoms with Crippen LogP contribution in [-0.2, 0) is 5.41 Å². The highest BCUT2D eigenvalue weighted by Gasteiger charge is 2.35. The summed E-state index contributed by atoms with van der Waals surface area (Å²) in [6.07, 6.45) is 0. The molecule has 0 radical (unpaired) electrons. The van der Waals surface area contributed by atoms with Crippen molar-refractivity contribution in [3.8, 4) is 56.3 Å². The van der Waals surface area contributed by atoms with Gasteiger partial charge in [0.2, 0.25) is 0 Å². The third-order valence-electron chi connectivity index (χ3n) is 14.5. The fourth-order valence-corrected chi connectivity index (χ4v) is 11.3. The first-order valence-corrected chi connectivity index (χ1v) is 23.2. The van der Waals surface area contributed by atoms with E-state index >= 15 is 0 Å². The molecule has 13 aromatic rings. The SMILES string of the molecule is CC1(C)c2ccccc2-c2cc(-c3nc(-c4cccc(-n5c6ccccc6c6cc(-c7ccc8c(c7)c7ccccc7n8-c7ccccc7)ccc65)c4)nc4c3ccc3ccccc34)ccc21. The molecule has 4 nitrogen and oxygen atoms in total. The van der Waals surface area contributed by atoms with Gasteiger partial charge in [0.25, 0.3) is 0 Å². The van der Waals surface area contributed by atoms with Gasteiger partial charge in [-0.3, -0.25) is 0 Å². The van der Waals surface area contributed by atoms with Crippen molar-refractivity contribution in [2.24, 2.45) is 0 Å². The van der Waals surface area contributed by atoms with Crippen LogP contribution in [-0.4, -0.2) is 19.1 Å². The van der Waals surface area contributed by atoms with Crippen LogP contribution in [0, 0.1) is 0 Å². The van der Waals surface area contributed by atoms with Gasteiger partial charge in [0.05, 0.1) is 33.3 Å². The van der Waals surface area contributed by atoms with E-state index in [0.717, 1.165) is 60.9 Å². The molecule has 1 aliphatic carbocycles. The van der Waals surface area contributed by atoms with E-state index in [2.05, 4.69) is 241 Å². The number of hydrogen-bond donors (Lipinski definition) is 0. The molecule has 1 aliphatic rings. The average Bonchev–Trinajstić information content (AvgIpc) is 3.98. The maximum atomic E-state index is 5.50. The van der Waals surface area contributed by atoms with Crippen molar-refractivity contribution in [2.75, 3.05) is 0 Å². The summed E-state index contributed by atoms with van der Waals surface area (Å²) in [5, 5.41) is 8.24. The van der Waals surface area contributed by atoms with Crippen molar-refractivity contribution in [1.82, 2.24) is 19.1 Å². The fourth-order valence-electron chi connectivity index (χ4n) is 11.3. The Hall–Kier alpha value is -8.60. The van der Waals surface area contributed by atoms with Gasteiger partial charge in [0.15, 0.2) is 5.82 Å². The zero-order valence-corrected chi connectivity index (χ0v) is 37.1. The van der Waals surface area contributed by atoms with Crippen LogP contribution in [0.3, 0.4) is 0 Å². The molecule has 0 atom stereocenters. The van der Waals surface area contributed by atoms with Gasteiger partial charge >= 0.3 is 0 Å². The summed E-state index contributed by atoms with van der Waals surface area (Å²) >= 11 is 0. The molecular formula is C63H42N4. The van der Waals surface area contributed by atoms with Crippen LogP contribution < -0.4 is 0 Å². The van der Waals surface area contributed by atoms with Crippen LogP contribution in [0.15, 0.2) is 218 Å². The van der Waals surface area contributed by atoms with Crippen molar-refractivity contribution in [1.29, 1.82) is 0 Å². The smallest absolute Gasteiger partial charge is 0.160 e. The Kier molecular flexibility index (Phi) is 8.00. The maximum absolute atomic E-state index is 5.50. The number of rotatable bonds is 5. The van der Waals surface area contributed by atoms with Crippen molar-refractivity contribution < 1.29 is 0 Å². The minimum Gasteiger partial charge on any atom is -0.309 e. The van der Waals surface area contributed by atoms with Gasteiger partial charge in [-0.1, -0.05) is 159 Å². The standard InChI is InChI=1S/C63H42N4/c1-63(2)54-24-11-8-21-47(54)51-38-42(28-32-55(51)63)60-50-31-27-39-15-6-7-20-46(39)61(50)65-62(64-60)43-16-14-19-45(35-43)67-57-26-13-10-23-49(57)53-37-41(30-34-59(53)67)40-29-33-58-52(36-40)48-22-9-12-25-56(48)66(58)44-17-4-3-5-18-44/h3-38H,1-2H3. The maximum Gasteiger partial charge on any atom is 0.160 e. The van der Waals surface area contributed by atoms with E-state index in [1.54, 1.807) is 0 Å². The molecule has 14 rings (SSSR count). The molecule has 67 heavy (non-hydrogen) atoms. The minimum absolute atomic E-state index is 0.0752. The largest absolute Gasteiger partial charge is 0.309 e. The van der Waals surface area contributed by atoms with E-state index in [4.69, 9.17) is 9.97 Å². The number of benzene rings is 10. The summed E-state index contributed by atoms with van der Waals surface area (Å²) < 4.78 is 4.77. The molecule has 0 unspecified atom stereocenters. The van der Waals surface area contributed by atoms with Gasteiger partial charge < -0.3 is 9.13 Å². The van der Waals surface area contributed by atoms with Gasteiger partial charge in [-0.2, -0.15) is 0 Å². The van der Waals surface area contributed by atoms with E-state index in [9.17, 15) is 0 Å². The Labute approximate surface area is 387 Å². The van der Waals surface area contributed by atoms with Crippen molar-refractivity contribution in [3.05, 3.63) is 230 Å². The molecule has 0 aliphatic heterocycles. The quantitative estimate of drug-likeness (QED) is 0.162. The van der Waals surface area contributed by atoms with E-state index < -0.39 is 0 Å². The van der Waals surface area contributed by atoms with Gasteiger partial charge in [-0.05, 0) is 112 Å². The van der Waals surface area contributed by atoms with E-state index in [0.29, 0.717) is 5.82 Å². The van der Waals surface area contributed by atoms with Crippen molar-refractivity contribution in [3.63, 3.8) is 0 Å². The number of nitrogens with zero attached hydrogens (tertiary/aromatic N) is 4. The van der Waals surface area contributed by atoms with Crippen molar-refractivity contribution >= 4 is 65.3 Å². The predicted molar refractivity (Wildman–Crippen MR) is 280 cm³/mol. The molecule has 4 heteroatoms. The monoisotopic (exact) mass is 854 g/mol.